The summed E-state index contributed by atoms with van der Waals surface area (Å²) in [5.41, 5.74) is 6.07. The Bertz CT molecular complexity index is 481. The quantitative estimate of drug-likeness (QED) is 0.746. The predicted molar refractivity (Wildman–Crippen MR) is 99.1 cm³/mol. The number of furan rings is 1. The van der Waals surface area contributed by atoms with Gasteiger partial charge in [-0.25, -0.2) is 0 Å². The van der Waals surface area contributed by atoms with Crippen molar-refractivity contribution >= 4 is 30.7 Å². The summed E-state index contributed by atoms with van der Waals surface area (Å²) in [7, 11) is 0. The Morgan fingerprint density at radius 1 is 1.42 bits per heavy atom. The van der Waals surface area contributed by atoms with Gasteiger partial charge in [-0.1, -0.05) is 13.8 Å². The number of carbonyl (C=O) groups is 1. The van der Waals surface area contributed by atoms with Crippen LogP contribution in [-0.2, 0) is 11.3 Å². The van der Waals surface area contributed by atoms with Gasteiger partial charge in [0, 0.05) is 19.6 Å². The molecule has 1 aliphatic heterocycles. The van der Waals surface area contributed by atoms with Gasteiger partial charge in [0.05, 0.1) is 24.8 Å². The number of nitrogens with two attached hydrogens (primary N) is 1. The second-order valence-corrected chi connectivity index (χ2v) is 5.57. The van der Waals surface area contributed by atoms with Gasteiger partial charge in [0.25, 0.3) is 5.91 Å². The van der Waals surface area contributed by atoms with Crippen LogP contribution >= 0.6 is 24.8 Å². The maximum Gasteiger partial charge on any atom is 0.257 e. The minimum absolute atomic E-state index is 0. The number of ether oxygens (including phenoxy) is 1. The van der Waals surface area contributed by atoms with Gasteiger partial charge < -0.3 is 24.7 Å². The Morgan fingerprint density at radius 2 is 2.12 bits per heavy atom. The van der Waals surface area contributed by atoms with Crippen LogP contribution in [-0.4, -0.2) is 61.1 Å². The van der Waals surface area contributed by atoms with Crippen LogP contribution in [0.15, 0.2) is 16.7 Å². The lowest BCUT2D eigenvalue weighted by Crippen LogP contribution is -2.32. The number of amides is 1. The predicted octanol–water partition coefficient (Wildman–Crippen LogP) is 2.15. The van der Waals surface area contributed by atoms with Gasteiger partial charge in [-0.05, 0) is 25.6 Å². The van der Waals surface area contributed by atoms with Gasteiger partial charge >= 0.3 is 0 Å². The van der Waals surface area contributed by atoms with E-state index in [1.54, 1.807) is 6.07 Å². The molecule has 24 heavy (non-hydrogen) atoms. The van der Waals surface area contributed by atoms with Crippen molar-refractivity contribution in [2.24, 2.45) is 5.73 Å². The van der Waals surface area contributed by atoms with Crippen molar-refractivity contribution in [1.82, 2.24) is 9.80 Å². The van der Waals surface area contributed by atoms with Crippen LogP contribution in [0, 0.1) is 0 Å². The van der Waals surface area contributed by atoms with Crippen LogP contribution in [0.2, 0.25) is 0 Å². The van der Waals surface area contributed by atoms with E-state index in [9.17, 15) is 4.79 Å². The van der Waals surface area contributed by atoms with Crippen molar-refractivity contribution in [1.29, 1.82) is 0 Å². The van der Waals surface area contributed by atoms with Gasteiger partial charge in [-0.15, -0.1) is 24.8 Å². The van der Waals surface area contributed by atoms with E-state index in [1.807, 2.05) is 4.90 Å². The van der Waals surface area contributed by atoms with Crippen LogP contribution in [0.4, 0.5) is 0 Å². The van der Waals surface area contributed by atoms with Gasteiger partial charge in [0.1, 0.15) is 12.0 Å². The SMILES string of the molecule is CCN(CC)CCOC1CCN(C(=O)c2coc(CN)c2)C1.Cl.Cl. The number of hydrogen-bond acceptors (Lipinski definition) is 5. The largest absolute Gasteiger partial charge is 0.467 e. The normalized spacial score (nSPS) is 16.8. The van der Waals surface area contributed by atoms with Crippen molar-refractivity contribution in [3.05, 3.63) is 23.7 Å². The molecular formula is C16H29Cl2N3O3. The van der Waals surface area contributed by atoms with Gasteiger partial charge in [-0.3, -0.25) is 4.79 Å². The molecule has 1 atom stereocenters. The Hall–Kier alpha value is -0.790. The van der Waals surface area contributed by atoms with E-state index in [2.05, 4.69) is 18.7 Å². The van der Waals surface area contributed by atoms with E-state index < -0.39 is 0 Å². The third kappa shape index (κ3) is 6.26. The molecule has 8 heteroatoms. The molecule has 0 aliphatic carbocycles. The lowest BCUT2D eigenvalue weighted by molar-refractivity contribution is 0.0420. The molecule has 0 spiro atoms. The summed E-state index contributed by atoms with van der Waals surface area (Å²) in [4.78, 5) is 16.5. The fraction of sp³-hybridized carbons (Fsp3) is 0.688. The first-order chi connectivity index (χ1) is 10.7. The van der Waals surface area contributed by atoms with Crippen LogP contribution in [0.3, 0.4) is 0 Å². The molecule has 2 N–H and O–H groups in total. The highest BCUT2D eigenvalue weighted by Gasteiger charge is 2.28. The molecule has 2 heterocycles. The standard InChI is InChI=1S/C16H27N3O3.2ClH/c1-3-18(4-2)7-8-21-14-5-6-19(11-14)16(20)13-9-15(10-17)22-12-13;;/h9,12,14H,3-8,10-11,17H2,1-2H3;2*1H. The van der Waals surface area contributed by atoms with E-state index >= 15 is 0 Å². The average molecular weight is 382 g/mol. The van der Waals surface area contributed by atoms with E-state index in [0.29, 0.717) is 24.4 Å². The van der Waals surface area contributed by atoms with E-state index in [-0.39, 0.29) is 36.8 Å². The Balaban J connectivity index is 0.00000264. The molecule has 0 saturated carbocycles. The zero-order valence-electron chi connectivity index (χ0n) is 14.4. The molecular weight excluding hydrogens is 353 g/mol. The first-order valence-electron chi connectivity index (χ1n) is 8.08. The number of likely N-dealkylation sites (N-methyl/N-ethyl adjacent to an activating group) is 1. The fourth-order valence-electron chi connectivity index (χ4n) is 2.72. The van der Waals surface area contributed by atoms with E-state index in [1.165, 1.54) is 6.26 Å². The highest BCUT2D eigenvalue weighted by atomic mass is 35.5. The number of hydrogen-bond donors (Lipinski definition) is 1. The number of likely N-dealkylation sites (tertiary alicyclic amines) is 1. The van der Waals surface area contributed by atoms with E-state index in [0.717, 1.165) is 39.2 Å². The monoisotopic (exact) mass is 381 g/mol. The minimum atomic E-state index is -0.00158. The highest BCUT2D eigenvalue weighted by molar-refractivity contribution is 5.94. The number of halogens is 2. The maximum atomic E-state index is 12.4. The molecule has 6 nitrogen and oxygen atoms in total. The summed E-state index contributed by atoms with van der Waals surface area (Å²) in [5, 5.41) is 0. The summed E-state index contributed by atoms with van der Waals surface area (Å²) in [6.07, 6.45) is 2.52. The first kappa shape index (κ1) is 23.2. The second-order valence-electron chi connectivity index (χ2n) is 5.57. The highest BCUT2D eigenvalue weighted by Crippen LogP contribution is 2.17. The molecule has 1 saturated heterocycles. The zero-order valence-corrected chi connectivity index (χ0v) is 16.0. The van der Waals surface area contributed by atoms with Crippen molar-refractivity contribution in [2.45, 2.75) is 32.9 Å². The molecule has 1 amide bonds. The van der Waals surface area contributed by atoms with Crippen molar-refractivity contribution in [3.63, 3.8) is 0 Å². The molecule has 1 aromatic rings. The lowest BCUT2D eigenvalue weighted by atomic mass is 10.2. The Kier molecular flexibility index (Phi) is 11.3. The third-order valence-corrected chi connectivity index (χ3v) is 4.19. The smallest absolute Gasteiger partial charge is 0.257 e. The molecule has 1 fully saturated rings. The third-order valence-electron chi connectivity index (χ3n) is 4.19. The van der Waals surface area contributed by atoms with Gasteiger partial charge in [0.15, 0.2) is 0 Å². The lowest BCUT2D eigenvalue weighted by Gasteiger charge is -2.20. The zero-order chi connectivity index (χ0) is 15.9. The molecule has 1 aromatic heterocycles. The number of carbonyl (C=O) groups excluding carboxylic acids is 1. The molecule has 0 bridgehead atoms. The summed E-state index contributed by atoms with van der Waals surface area (Å²) < 4.78 is 11.1. The van der Waals surface area contributed by atoms with Crippen molar-refractivity contribution in [2.75, 3.05) is 39.3 Å². The van der Waals surface area contributed by atoms with Crippen LogP contribution < -0.4 is 5.73 Å². The van der Waals surface area contributed by atoms with Crippen LogP contribution in [0.5, 0.6) is 0 Å². The molecule has 140 valence electrons. The minimum Gasteiger partial charge on any atom is -0.467 e. The van der Waals surface area contributed by atoms with Crippen molar-refractivity contribution in [3.8, 4) is 0 Å². The molecule has 0 radical (unpaired) electrons. The maximum absolute atomic E-state index is 12.4. The molecule has 1 unspecified atom stereocenters. The van der Waals surface area contributed by atoms with E-state index in [4.69, 9.17) is 14.9 Å². The molecule has 0 aromatic carbocycles. The number of nitrogens with zero attached hydrogens (tertiary/aromatic N) is 2. The second kappa shape index (κ2) is 11.7. The van der Waals surface area contributed by atoms with Crippen molar-refractivity contribution < 1.29 is 13.9 Å². The van der Waals surface area contributed by atoms with Gasteiger partial charge in [-0.2, -0.15) is 0 Å². The van der Waals surface area contributed by atoms with Crippen LogP contribution in [0.1, 0.15) is 36.4 Å². The first-order valence-corrected chi connectivity index (χ1v) is 8.08. The molecule has 2 rings (SSSR count). The summed E-state index contributed by atoms with van der Waals surface area (Å²) in [6.45, 7) is 9.75. The fourth-order valence-corrected chi connectivity index (χ4v) is 2.72. The van der Waals surface area contributed by atoms with Crippen LogP contribution in [0.25, 0.3) is 0 Å². The topological polar surface area (TPSA) is 71.9 Å². The summed E-state index contributed by atoms with van der Waals surface area (Å²) in [5.74, 6) is 0.632. The summed E-state index contributed by atoms with van der Waals surface area (Å²) >= 11 is 0. The Morgan fingerprint density at radius 3 is 2.71 bits per heavy atom. The molecule has 1 aliphatic rings. The number of rotatable bonds is 8. The van der Waals surface area contributed by atoms with Gasteiger partial charge in [0.2, 0.25) is 0 Å². The Labute approximate surface area is 156 Å². The summed E-state index contributed by atoms with van der Waals surface area (Å²) in [6, 6.07) is 1.72. The average Bonchev–Trinajstić information content (AvgIpc) is 3.20.